The number of thioether (sulfide) groups is 1. The maximum Gasteiger partial charge on any atom is 0.326 e. The minimum Gasteiger partial charge on any atom is -0.465 e. The number of halogens is 1. The number of amides is 2. The first-order valence-corrected chi connectivity index (χ1v) is 7.28. The SMILES string of the molecule is CCOC(=O)CN1C(=O)S/C(=C/c2ccc(Br)o2)C1=O. The first-order valence-electron chi connectivity index (χ1n) is 5.67. The van der Waals surface area contributed by atoms with Crippen molar-refractivity contribution in [3.05, 3.63) is 27.5 Å². The molecule has 1 saturated heterocycles. The highest BCUT2D eigenvalue weighted by Crippen LogP contribution is 2.32. The van der Waals surface area contributed by atoms with Crippen LogP contribution in [0.5, 0.6) is 0 Å². The van der Waals surface area contributed by atoms with Gasteiger partial charge in [-0.15, -0.1) is 0 Å². The first-order chi connectivity index (χ1) is 9.51. The summed E-state index contributed by atoms with van der Waals surface area (Å²) in [6.07, 6.45) is 1.46. The van der Waals surface area contributed by atoms with Crippen LogP contribution in [0.25, 0.3) is 6.08 Å². The van der Waals surface area contributed by atoms with Crippen molar-refractivity contribution >= 4 is 50.9 Å². The average Bonchev–Trinajstić information content (AvgIpc) is 2.89. The third kappa shape index (κ3) is 3.31. The second-order valence-electron chi connectivity index (χ2n) is 3.71. The van der Waals surface area contributed by atoms with Gasteiger partial charge in [0.25, 0.3) is 11.1 Å². The molecule has 0 aliphatic carbocycles. The quantitative estimate of drug-likeness (QED) is 0.607. The molecule has 0 bridgehead atoms. The highest BCUT2D eigenvalue weighted by atomic mass is 79.9. The van der Waals surface area contributed by atoms with E-state index >= 15 is 0 Å². The van der Waals surface area contributed by atoms with Gasteiger partial charge < -0.3 is 9.15 Å². The maximum atomic E-state index is 12.0. The molecule has 0 unspecified atom stereocenters. The van der Waals surface area contributed by atoms with E-state index in [9.17, 15) is 14.4 Å². The van der Waals surface area contributed by atoms with E-state index < -0.39 is 17.1 Å². The van der Waals surface area contributed by atoms with Crippen molar-refractivity contribution in [2.75, 3.05) is 13.2 Å². The molecule has 20 heavy (non-hydrogen) atoms. The van der Waals surface area contributed by atoms with E-state index in [4.69, 9.17) is 9.15 Å². The fourth-order valence-electron chi connectivity index (χ4n) is 1.51. The van der Waals surface area contributed by atoms with Gasteiger partial charge in [0, 0.05) is 6.08 Å². The molecule has 2 rings (SSSR count). The average molecular weight is 360 g/mol. The number of hydrogen-bond acceptors (Lipinski definition) is 6. The minimum absolute atomic E-state index is 0.200. The first kappa shape index (κ1) is 14.9. The van der Waals surface area contributed by atoms with E-state index in [0.29, 0.717) is 10.4 Å². The fraction of sp³-hybridized carbons (Fsp3) is 0.250. The third-order valence-corrected chi connectivity index (χ3v) is 3.67. The summed E-state index contributed by atoms with van der Waals surface area (Å²) < 4.78 is 10.5. The lowest BCUT2D eigenvalue weighted by molar-refractivity contribution is -0.145. The zero-order chi connectivity index (χ0) is 14.7. The molecule has 2 heterocycles. The number of imide groups is 1. The highest BCUT2D eigenvalue weighted by Gasteiger charge is 2.36. The monoisotopic (exact) mass is 359 g/mol. The lowest BCUT2D eigenvalue weighted by atomic mass is 10.3. The predicted octanol–water partition coefficient (Wildman–Crippen LogP) is 2.64. The van der Waals surface area contributed by atoms with Crippen LogP contribution in [0.1, 0.15) is 12.7 Å². The lowest BCUT2D eigenvalue weighted by Gasteiger charge is -2.10. The van der Waals surface area contributed by atoms with Crippen molar-refractivity contribution in [3.8, 4) is 0 Å². The smallest absolute Gasteiger partial charge is 0.326 e. The molecule has 1 aliphatic heterocycles. The molecule has 0 radical (unpaired) electrons. The van der Waals surface area contributed by atoms with Gasteiger partial charge in [0.05, 0.1) is 11.5 Å². The summed E-state index contributed by atoms with van der Waals surface area (Å²) in [6, 6.07) is 3.33. The van der Waals surface area contributed by atoms with Gasteiger partial charge in [0.1, 0.15) is 12.3 Å². The zero-order valence-corrected chi connectivity index (χ0v) is 12.8. The van der Waals surface area contributed by atoms with E-state index in [1.807, 2.05) is 0 Å². The van der Waals surface area contributed by atoms with E-state index in [0.717, 1.165) is 16.7 Å². The molecule has 6 nitrogen and oxygen atoms in total. The molecule has 1 aromatic heterocycles. The van der Waals surface area contributed by atoms with Crippen LogP contribution in [0.4, 0.5) is 4.79 Å². The molecule has 0 aromatic carbocycles. The Morgan fingerprint density at radius 1 is 1.50 bits per heavy atom. The summed E-state index contributed by atoms with van der Waals surface area (Å²) in [6.45, 7) is 1.48. The number of carbonyl (C=O) groups excluding carboxylic acids is 3. The summed E-state index contributed by atoms with van der Waals surface area (Å²) in [7, 11) is 0. The second-order valence-corrected chi connectivity index (χ2v) is 5.49. The molecule has 1 fully saturated rings. The third-order valence-electron chi connectivity index (χ3n) is 2.33. The van der Waals surface area contributed by atoms with E-state index in [2.05, 4.69) is 15.9 Å². The van der Waals surface area contributed by atoms with E-state index in [-0.39, 0.29) is 18.1 Å². The molecule has 1 aromatic rings. The van der Waals surface area contributed by atoms with Gasteiger partial charge in [-0.25, -0.2) is 0 Å². The minimum atomic E-state index is -0.614. The van der Waals surface area contributed by atoms with Crippen molar-refractivity contribution in [1.82, 2.24) is 4.90 Å². The number of ether oxygens (including phenoxy) is 1. The Labute approximate surface area is 127 Å². The van der Waals surface area contributed by atoms with Gasteiger partial charge in [-0.3, -0.25) is 19.3 Å². The number of nitrogens with zero attached hydrogens (tertiary/aromatic N) is 1. The maximum absolute atomic E-state index is 12.0. The van der Waals surface area contributed by atoms with Crippen molar-refractivity contribution < 1.29 is 23.5 Å². The van der Waals surface area contributed by atoms with Crippen molar-refractivity contribution in [2.45, 2.75) is 6.92 Å². The molecule has 0 spiro atoms. The molecule has 106 valence electrons. The van der Waals surface area contributed by atoms with Crippen LogP contribution < -0.4 is 0 Å². The Bertz CT molecular complexity index is 594. The van der Waals surface area contributed by atoms with Crippen molar-refractivity contribution in [2.24, 2.45) is 0 Å². The van der Waals surface area contributed by atoms with Crippen LogP contribution in [0.3, 0.4) is 0 Å². The molecular formula is C12H10BrNO5S. The van der Waals surface area contributed by atoms with Gasteiger partial charge in [0.15, 0.2) is 4.67 Å². The Hall–Kier alpha value is -1.54. The van der Waals surface area contributed by atoms with Crippen LogP contribution in [-0.2, 0) is 14.3 Å². The molecule has 0 atom stereocenters. The summed E-state index contributed by atoms with van der Waals surface area (Å²) in [5.41, 5.74) is 0. The summed E-state index contributed by atoms with van der Waals surface area (Å²) in [5, 5.41) is -0.500. The number of furan rings is 1. The molecule has 0 N–H and O–H groups in total. The molecular weight excluding hydrogens is 350 g/mol. The lowest BCUT2D eigenvalue weighted by Crippen LogP contribution is -2.34. The van der Waals surface area contributed by atoms with Crippen LogP contribution in [0.2, 0.25) is 0 Å². The Kier molecular flexibility index (Phi) is 4.66. The van der Waals surface area contributed by atoms with E-state index in [1.165, 1.54) is 6.08 Å². The Morgan fingerprint density at radius 2 is 2.25 bits per heavy atom. The van der Waals surface area contributed by atoms with Crippen LogP contribution in [0, 0.1) is 0 Å². The Morgan fingerprint density at radius 3 is 2.85 bits per heavy atom. The molecule has 0 saturated carbocycles. The van der Waals surface area contributed by atoms with Crippen molar-refractivity contribution in [1.29, 1.82) is 0 Å². The van der Waals surface area contributed by atoms with Crippen LogP contribution >= 0.6 is 27.7 Å². The fourth-order valence-corrected chi connectivity index (χ4v) is 2.64. The van der Waals surface area contributed by atoms with Crippen LogP contribution in [-0.4, -0.2) is 35.2 Å². The molecule has 8 heteroatoms. The second kappa shape index (κ2) is 6.27. The largest absolute Gasteiger partial charge is 0.465 e. The predicted molar refractivity (Wildman–Crippen MR) is 75.7 cm³/mol. The standard InChI is InChI=1S/C12H10BrNO5S/c1-2-18-10(15)6-14-11(16)8(20-12(14)17)5-7-3-4-9(13)19-7/h3-5H,2,6H2,1H3/b8-5+. The van der Waals surface area contributed by atoms with Gasteiger partial charge >= 0.3 is 5.97 Å². The van der Waals surface area contributed by atoms with E-state index in [1.54, 1.807) is 19.1 Å². The summed E-state index contributed by atoms with van der Waals surface area (Å²) in [4.78, 5) is 36.1. The summed E-state index contributed by atoms with van der Waals surface area (Å²) >= 11 is 3.91. The number of rotatable bonds is 4. The van der Waals surface area contributed by atoms with Gasteiger partial charge in [0.2, 0.25) is 0 Å². The van der Waals surface area contributed by atoms with Gasteiger partial charge in [-0.2, -0.15) is 0 Å². The summed E-state index contributed by atoms with van der Waals surface area (Å²) in [5.74, 6) is -0.698. The van der Waals surface area contributed by atoms with Crippen LogP contribution in [0.15, 0.2) is 26.1 Å². The van der Waals surface area contributed by atoms with Gasteiger partial charge in [-0.05, 0) is 46.7 Å². The Balaban J connectivity index is 2.12. The molecule has 1 aliphatic rings. The number of hydrogen-bond donors (Lipinski definition) is 0. The van der Waals surface area contributed by atoms with Crippen molar-refractivity contribution in [3.63, 3.8) is 0 Å². The topological polar surface area (TPSA) is 76.8 Å². The normalized spacial score (nSPS) is 17.1. The zero-order valence-electron chi connectivity index (χ0n) is 10.4. The number of esters is 1. The molecule has 2 amide bonds. The highest BCUT2D eigenvalue weighted by molar-refractivity contribution is 9.10. The number of carbonyl (C=O) groups is 3. The van der Waals surface area contributed by atoms with Gasteiger partial charge in [-0.1, -0.05) is 0 Å².